The molecule has 0 fully saturated rings. The summed E-state index contributed by atoms with van der Waals surface area (Å²) in [5.74, 6) is 1.60. The lowest BCUT2D eigenvalue weighted by molar-refractivity contribution is 0.0992. The van der Waals surface area contributed by atoms with Crippen LogP contribution in [0.2, 0.25) is 0 Å². The zero-order valence-corrected chi connectivity index (χ0v) is 17.0. The van der Waals surface area contributed by atoms with Crippen LogP contribution in [0, 0.1) is 0 Å². The number of benzene rings is 2. The molecule has 2 aromatic carbocycles. The molecule has 1 N–H and O–H groups in total. The molecule has 0 atom stereocenters. The zero-order chi connectivity index (χ0) is 20.1. The van der Waals surface area contributed by atoms with E-state index in [2.05, 4.69) is 26.3 Å². The third kappa shape index (κ3) is 5.14. The van der Waals surface area contributed by atoms with Crippen molar-refractivity contribution in [2.45, 2.75) is 13.2 Å². The maximum atomic E-state index is 12.4. The van der Waals surface area contributed by atoms with Crippen LogP contribution >= 0.6 is 15.9 Å². The van der Waals surface area contributed by atoms with E-state index in [-0.39, 0.29) is 18.3 Å². The van der Waals surface area contributed by atoms with Crippen molar-refractivity contribution >= 4 is 27.7 Å². The number of ether oxygens (including phenoxy) is 1. The average molecular weight is 452 g/mol. The molecule has 0 unspecified atom stereocenters. The summed E-state index contributed by atoms with van der Waals surface area (Å²) >= 11 is 3.38. The fraction of sp³-hybridized carbons (Fsp3) is 0.0909. The van der Waals surface area contributed by atoms with Gasteiger partial charge < -0.3 is 14.5 Å². The minimum absolute atomic E-state index is 0.206. The number of aromatic nitrogens is 2. The van der Waals surface area contributed by atoms with Crippen LogP contribution < -0.4 is 10.1 Å². The van der Waals surface area contributed by atoms with Crippen LogP contribution in [0.4, 0.5) is 5.82 Å². The lowest BCUT2D eigenvalue weighted by atomic mass is 10.2. The summed E-state index contributed by atoms with van der Waals surface area (Å²) in [6, 6.07) is 22.6. The molecule has 0 saturated heterocycles. The average Bonchev–Trinajstić information content (AvgIpc) is 3.38. The third-order valence-corrected chi connectivity index (χ3v) is 4.68. The molecule has 29 heavy (non-hydrogen) atoms. The van der Waals surface area contributed by atoms with Gasteiger partial charge in [-0.2, -0.15) is 5.10 Å². The molecule has 0 saturated carbocycles. The molecular formula is C22H18BrN3O3. The number of carbonyl (C=O) groups is 1. The standard InChI is InChI=1S/C22H18BrN3O3/c23-17-6-8-18(9-7-17)28-15-19-10-11-20(29-19)22(27)24-21-12-13-26(25-21)14-16-4-2-1-3-5-16/h1-13H,14-15H2,(H,24,25,27). The first-order valence-electron chi connectivity index (χ1n) is 9.01. The van der Waals surface area contributed by atoms with Gasteiger partial charge in [-0.3, -0.25) is 9.48 Å². The van der Waals surface area contributed by atoms with Gasteiger partial charge in [0.1, 0.15) is 18.1 Å². The van der Waals surface area contributed by atoms with Crippen LogP contribution in [0.5, 0.6) is 5.75 Å². The predicted molar refractivity (Wildman–Crippen MR) is 113 cm³/mol. The van der Waals surface area contributed by atoms with E-state index in [9.17, 15) is 4.79 Å². The largest absolute Gasteiger partial charge is 0.486 e. The molecule has 0 aliphatic rings. The summed E-state index contributed by atoms with van der Waals surface area (Å²) in [5.41, 5.74) is 1.13. The molecule has 4 aromatic rings. The van der Waals surface area contributed by atoms with Crippen molar-refractivity contribution in [1.82, 2.24) is 9.78 Å². The first-order chi connectivity index (χ1) is 14.2. The minimum atomic E-state index is -0.357. The van der Waals surface area contributed by atoms with Gasteiger partial charge in [-0.1, -0.05) is 46.3 Å². The number of halogens is 1. The van der Waals surface area contributed by atoms with Gasteiger partial charge in [0.2, 0.25) is 0 Å². The van der Waals surface area contributed by atoms with Gasteiger partial charge in [0.05, 0.1) is 6.54 Å². The molecule has 4 rings (SSSR count). The Morgan fingerprint density at radius 2 is 1.83 bits per heavy atom. The summed E-state index contributed by atoms with van der Waals surface area (Å²) in [7, 11) is 0. The van der Waals surface area contributed by atoms with Crippen molar-refractivity contribution in [1.29, 1.82) is 0 Å². The number of hydrogen-bond acceptors (Lipinski definition) is 4. The van der Waals surface area contributed by atoms with E-state index in [0.29, 0.717) is 18.1 Å². The van der Waals surface area contributed by atoms with Gasteiger partial charge >= 0.3 is 0 Å². The molecule has 0 bridgehead atoms. The van der Waals surface area contributed by atoms with Crippen molar-refractivity contribution in [2.75, 3.05) is 5.32 Å². The lowest BCUT2D eigenvalue weighted by Crippen LogP contribution is -2.12. The van der Waals surface area contributed by atoms with Gasteiger partial charge in [0.25, 0.3) is 5.91 Å². The van der Waals surface area contributed by atoms with Crippen molar-refractivity contribution in [2.24, 2.45) is 0 Å². The molecule has 0 spiro atoms. The molecule has 6 nitrogen and oxygen atoms in total. The molecule has 0 radical (unpaired) electrons. The van der Waals surface area contributed by atoms with Gasteiger partial charge in [-0.15, -0.1) is 0 Å². The SMILES string of the molecule is O=C(Nc1ccn(Cc2ccccc2)n1)c1ccc(COc2ccc(Br)cc2)o1. The number of carbonyl (C=O) groups excluding carboxylic acids is 1. The summed E-state index contributed by atoms with van der Waals surface area (Å²) < 4.78 is 14.0. The molecule has 0 aliphatic heterocycles. The molecule has 146 valence electrons. The number of amides is 1. The van der Waals surface area contributed by atoms with E-state index in [1.807, 2.05) is 60.8 Å². The Labute approximate surface area is 176 Å². The van der Waals surface area contributed by atoms with E-state index >= 15 is 0 Å². The minimum Gasteiger partial charge on any atom is -0.486 e. The Hall–Kier alpha value is -3.32. The highest BCUT2D eigenvalue weighted by Gasteiger charge is 2.13. The van der Waals surface area contributed by atoms with Gasteiger partial charge in [0.15, 0.2) is 11.6 Å². The predicted octanol–water partition coefficient (Wildman–Crippen LogP) is 5.12. The second kappa shape index (κ2) is 8.79. The number of furan rings is 1. The number of rotatable bonds is 7. The van der Waals surface area contributed by atoms with Crippen molar-refractivity contribution in [3.63, 3.8) is 0 Å². The van der Waals surface area contributed by atoms with Crippen LogP contribution in [0.1, 0.15) is 21.9 Å². The van der Waals surface area contributed by atoms with E-state index in [1.54, 1.807) is 22.9 Å². The van der Waals surface area contributed by atoms with Crippen molar-refractivity contribution in [3.05, 3.63) is 101 Å². The Morgan fingerprint density at radius 1 is 1.03 bits per heavy atom. The molecule has 0 aliphatic carbocycles. The van der Waals surface area contributed by atoms with Crippen LogP contribution in [0.15, 0.2) is 87.9 Å². The van der Waals surface area contributed by atoms with Crippen LogP contribution in [-0.4, -0.2) is 15.7 Å². The summed E-state index contributed by atoms with van der Waals surface area (Å²) in [6.07, 6.45) is 1.82. The molecule has 1 amide bonds. The number of nitrogens with one attached hydrogen (secondary N) is 1. The second-order valence-electron chi connectivity index (χ2n) is 6.35. The van der Waals surface area contributed by atoms with Gasteiger partial charge in [-0.25, -0.2) is 0 Å². The van der Waals surface area contributed by atoms with E-state index in [1.165, 1.54) is 0 Å². The highest BCUT2D eigenvalue weighted by Crippen LogP contribution is 2.18. The number of nitrogens with zero attached hydrogens (tertiary/aromatic N) is 2. The normalized spacial score (nSPS) is 10.7. The monoisotopic (exact) mass is 451 g/mol. The molecule has 2 heterocycles. The van der Waals surface area contributed by atoms with Gasteiger partial charge in [0, 0.05) is 16.7 Å². The zero-order valence-electron chi connectivity index (χ0n) is 15.4. The highest BCUT2D eigenvalue weighted by molar-refractivity contribution is 9.10. The Kier molecular flexibility index (Phi) is 5.76. The summed E-state index contributed by atoms with van der Waals surface area (Å²) in [5, 5.41) is 7.12. The smallest absolute Gasteiger partial charge is 0.292 e. The van der Waals surface area contributed by atoms with Gasteiger partial charge in [-0.05, 0) is 42.0 Å². The van der Waals surface area contributed by atoms with Crippen molar-refractivity contribution in [3.8, 4) is 5.75 Å². The quantitative estimate of drug-likeness (QED) is 0.423. The Balaban J connectivity index is 1.32. The van der Waals surface area contributed by atoms with Crippen LogP contribution in [0.3, 0.4) is 0 Å². The number of anilines is 1. The first-order valence-corrected chi connectivity index (χ1v) is 9.81. The maximum Gasteiger partial charge on any atom is 0.292 e. The first kappa shape index (κ1) is 19.0. The topological polar surface area (TPSA) is 69.3 Å². The maximum absolute atomic E-state index is 12.4. The lowest BCUT2D eigenvalue weighted by Gasteiger charge is -2.04. The van der Waals surface area contributed by atoms with Crippen LogP contribution in [0.25, 0.3) is 0 Å². The van der Waals surface area contributed by atoms with E-state index < -0.39 is 0 Å². The molecule has 2 aromatic heterocycles. The Bertz CT molecular complexity index is 1090. The van der Waals surface area contributed by atoms with E-state index in [4.69, 9.17) is 9.15 Å². The third-order valence-electron chi connectivity index (χ3n) is 4.15. The summed E-state index contributed by atoms with van der Waals surface area (Å²) in [6.45, 7) is 0.871. The van der Waals surface area contributed by atoms with Crippen molar-refractivity contribution < 1.29 is 13.9 Å². The van der Waals surface area contributed by atoms with E-state index in [0.717, 1.165) is 15.8 Å². The summed E-state index contributed by atoms with van der Waals surface area (Å²) in [4.78, 5) is 12.4. The molecule has 7 heteroatoms. The molecular weight excluding hydrogens is 434 g/mol. The highest BCUT2D eigenvalue weighted by atomic mass is 79.9. The second-order valence-corrected chi connectivity index (χ2v) is 7.26. The Morgan fingerprint density at radius 3 is 2.62 bits per heavy atom. The number of hydrogen-bond donors (Lipinski definition) is 1. The fourth-order valence-corrected chi connectivity index (χ4v) is 2.99. The van der Waals surface area contributed by atoms with Crippen LogP contribution in [-0.2, 0) is 13.2 Å². The fourth-order valence-electron chi connectivity index (χ4n) is 2.73.